The highest BCUT2D eigenvalue weighted by molar-refractivity contribution is 7.71. The van der Waals surface area contributed by atoms with Crippen molar-refractivity contribution in [3.8, 4) is 17.2 Å². The van der Waals surface area contributed by atoms with Crippen molar-refractivity contribution < 1.29 is 14.2 Å². The molecule has 0 aliphatic carbocycles. The van der Waals surface area contributed by atoms with Gasteiger partial charge in [0.25, 0.3) is 0 Å². The summed E-state index contributed by atoms with van der Waals surface area (Å²) in [5, 5.41) is 11.4. The van der Waals surface area contributed by atoms with Gasteiger partial charge in [0.2, 0.25) is 4.77 Å². The second-order valence-electron chi connectivity index (χ2n) is 5.41. The van der Waals surface area contributed by atoms with E-state index in [0.717, 1.165) is 11.3 Å². The third-order valence-corrected chi connectivity index (χ3v) is 3.92. The van der Waals surface area contributed by atoms with Gasteiger partial charge in [-0.05, 0) is 43.4 Å². The van der Waals surface area contributed by atoms with E-state index in [4.69, 9.17) is 26.4 Å². The average Bonchev–Trinajstić information content (AvgIpc) is 3.05. The zero-order valence-corrected chi connectivity index (χ0v) is 15.9. The minimum Gasteiger partial charge on any atom is -0.492 e. The van der Waals surface area contributed by atoms with Crippen molar-refractivity contribution >= 4 is 18.4 Å². The molecule has 1 aromatic heterocycles. The molecule has 2 aromatic carbocycles. The lowest BCUT2D eigenvalue weighted by molar-refractivity contribution is 0.290. The van der Waals surface area contributed by atoms with Crippen LogP contribution in [-0.2, 0) is 6.61 Å². The molecule has 3 rings (SSSR count). The molecule has 0 amide bonds. The Hall–Kier alpha value is -3.13. The number of methoxy groups -OCH3 is 1. The maximum Gasteiger partial charge on any atom is 0.216 e. The van der Waals surface area contributed by atoms with Crippen LogP contribution in [0.5, 0.6) is 17.2 Å². The number of rotatable bonds is 8. The molecule has 0 spiro atoms. The van der Waals surface area contributed by atoms with Gasteiger partial charge < -0.3 is 14.2 Å². The summed E-state index contributed by atoms with van der Waals surface area (Å²) in [6, 6.07) is 15.1. The summed E-state index contributed by atoms with van der Waals surface area (Å²) in [5.74, 6) is 2.57. The Bertz CT molecular complexity index is 967. The van der Waals surface area contributed by atoms with Crippen LogP contribution in [0.4, 0.5) is 0 Å². The molecule has 8 heteroatoms. The molecule has 1 heterocycles. The summed E-state index contributed by atoms with van der Waals surface area (Å²) < 4.78 is 18.7. The first-order valence-electron chi connectivity index (χ1n) is 8.41. The Morgan fingerprint density at radius 2 is 1.96 bits per heavy atom. The molecule has 27 heavy (non-hydrogen) atoms. The Kier molecular flexibility index (Phi) is 6.22. The van der Waals surface area contributed by atoms with Crippen LogP contribution in [0.2, 0.25) is 0 Å². The first kappa shape index (κ1) is 18.7. The van der Waals surface area contributed by atoms with Crippen molar-refractivity contribution in [2.24, 2.45) is 5.10 Å². The highest BCUT2D eigenvalue weighted by Gasteiger charge is 2.10. The standard InChI is InChI=1S/C19H20N4O3S/c1-3-25-16-11-7-8-14(18(16)24-2)12-20-23-17(21-22-19(23)27)13-26-15-9-5-4-6-10-15/h4-12H,3,13H2,1-2H3,(H,22,27)/b20-12-. The third kappa shape index (κ3) is 4.53. The zero-order valence-electron chi connectivity index (χ0n) is 15.1. The predicted molar refractivity (Wildman–Crippen MR) is 105 cm³/mol. The van der Waals surface area contributed by atoms with E-state index in [-0.39, 0.29) is 6.61 Å². The molecule has 0 unspecified atom stereocenters. The van der Waals surface area contributed by atoms with Crippen LogP contribution in [0.1, 0.15) is 18.3 Å². The fourth-order valence-electron chi connectivity index (χ4n) is 2.44. The number of nitrogens with one attached hydrogen (secondary N) is 1. The van der Waals surface area contributed by atoms with Crippen LogP contribution < -0.4 is 14.2 Å². The number of para-hydroxylation sites is 2. The van der Waals surface area contributed by atoms with Gasteiger partial charge in [-0.25, -0.2) is 5.10 Å². The van der Waals surface area contributed by atoms with Crippen molar-refractivity contribution in [1.82, 2.24) is 14.9 Å². The van der Waals surface area contributed by atoms with E-state index in [9.17, 15) is 0 Å². The van der Waals surface area contributed by atoms with Crippen molar-refractivity contribution in [3.63, 3.8) is 0 Å². The van der Waals surface area contributed by atoms with Gasteiger partial charge in [0.1, 0.15) is 12.4 Å². The number of aromatic amines is 1. The highest BCUT2D eigenvalue weighted by atomic mass is 32.1. The molecule has 0 atom stereocenters. The number of hydrogen-bond donors (Lipinski definition) is 1. The monoisotopic (exact) mass is 384 g/mol. The van der Waals surface area contributed by atoms with E-state index in [1.165, 1.54) is 4.68 Å². The van der Waals surface area contributed by atoms with Crippen molar-refractivity contribution in [2.75, 3.05) is 13.7 Å². The van der Waals surface area contributed by atoms with E-state index in [1.807, 2.05) is 55.5 Å². The van der Waals surface area contributed by atoms with Gasteiger partial charge in [-0.1, -0.05) is 24.3 Å². The van der Waals surface area contributed by atoms with Gasteiger partial charge >= 0.3 is 0 Å². The molecule has 1 N–H and O–H groups in total. The Morgan fingerprint density at radius 1 is 1.15 bits per heavy atom. The molecule has 0 aliphatic heterocycles. The van der Waals surface area contributed by atoms with Gasteiger partial charge in [-0.15, -0.1) is 0 Å². The third-order valence-electron chi connectivity index (χ3n) is 3.65. The van der Waals surface area contributed by atoms with Crippen LogP contribution in [-0.4, -0.2) is 34.8 Å². The summed E-state index contributed by atoms with van der Waals surface area (Å²) >= 11 is 5.27. The highest BCUT2D eigenvalue weighted by Crippen LogP contribution is 2.30. The van der Waals surface area contributed by atoms with Crippen molar-refractivity contribution in [2.45, 2.75) is 13.5 Å². The average molecular weight is 384 g/mol. The molecular weight excluding hydrogens is 364 g/mol. The Morgan fingerprint density at radius 3 is 2.70 bits per heavy atom. The summed E-state index contributed by atoms with van der Waals surface area (Å²) in [4.78, 5) is 0. The first-order valence-corrected chi connectivity index (χ1v) is 8.82. The Balaban J connectivity index is 1.83. The smallest absolute Gasteiger partial charge is 0.216 e. The predicted octanol–water partition coefficient (Wildman–Crippen LogP) is 3.81. The fourth-order valence-corrected chi connectivity index (χ4v) is 2.64. The van der Waals surface area contributed by atoms with Crippen LogP contribution in [0, 0.1) is 4.77 Å². The quantitative estimate of drug-likeness (QED) is 0.472. The molecule has 0 saturated heterocycles. The minimum absolute atomic E-state index is 0.227. The SMILES string of the molecule is CCOc1cccc(/C=N\n2c(COc3ccccc3)n[nH]c2=S)c1OC. The number of ether oxygens (including phenoxy) is 3. The molecule has 140 valence electrons. The van der Waals surface area contributed by atoms with E-state index < -0.39 is 0 Å². The zero-order chi connectivity index (χ0) is 19.1. The van der Waals surface area contributed by atoms with E-state index >= 15 is 0 Å². The lowest BCUT2D eigenvalue weighted by Gasteiger charge is -2.11. The van der Waals surface area contributed by atoms with Crippen molar-refractivity contribution in [1.29, 1.82) is 0 Å². The van der Waals surface area contributed by atoms with Gasteiger partial charge in [-0.3, -0.25) is 0 Å². The van der Waals surface area contributed by atoms with Crippen molar-refractivity contribution in [3.05, 3.63) is 64.7 Å². The van der Waals surface area contributed by atoms with Crippen LogP contribution in [0.15, 0.2) is 53.6 Å². The molecule has 7 nitrogen and oxygen atoms in total. The van der Waals surface area contributed by atoms with Gasteiger partial charge in [0.05, 0.1) is 19.9 Å². The van der Waals surface area contributed by atoms with E-state index in [2.05, 4.69) is 15.3 Å². The number of hydrogen-bond acceptors (Lipinski definition) is 6. The van der Waals surface area contributed by atoms with Gasteiger partial charge in [-0.2, -0.15) is 14.9 Å². The second-order valence-corrected chi connectivity index (χ2v) is 5.80. The molecule has 3 aromatic rings. The number of nitrogens with zero attached hydrogens (tertiary/aromatic N) is 3. The van der Waals surface area contributed by atoms with Crippen LogP contribution >= 0.6 is 12.2 Å². The lowest BCUT2D eigenvalue weighted by atomic mass is 10.2. The topological polar surface area (TPSA) is 73.7 Å². The van der Waals surface area contributed by atoms with Gasteiger partial charge in [0.15, 0.2) is 17.3 Å². The number of benzene rings is 2. The summed E-state index contributed by atoms with van der Waals surface area (Å²) in [7, 11) is 1.60. The van der Waals surface area contributed by atoms with E-state index in [1.54, 1.807) is 13.3 Å². The number of aromatic nitrogens is 3. The largest absolute Gasteiger partial charge is 0.492 e. The maximum atomic E-state index is 5.73. The molecule has 0 aliphatic rings. The molecular formula is C19H20N4O3S. The molecule has 0 bridgehead atoms. The number of H-pyrrole nitrogens is 1. The minimum atomic E-state index is 0.227. The molecule has 0 saturated carbocycles. The van der Waals surface area contributed by atoms with Crippen LogP contribution in [0.3, 0.4) is 0 Å². The lowest BCUT2D eigenvalue weighted by Crippen LogP contribution is -2.04. The second kappa shape index (κ2) is 9.00. The maximum absolute atomic E-state index is 5.73. The fraction of sp³-hybridized carbons (Fsp3) is 0.211. The molecule has 0 fully saturated rings. The van der Waals surface area contributed by atoms with Crippen LogP contribution in [0.25, 0.3) is 0 Å². The summed E-state index contributed by atoms with van der Waals surface area (Å²) in [5.41, 5.74) is 0.765. The Labute approximate surface area is 162 Å². The summed E-state index contributed by atoms with van der Waals surface area (Å²) in [6.07, 6.45) is 1.65. The van der Waals surface area contributed by atoms with E-state index in [0.29, 0.717) is 28.7 Å². The first-order chi connectivity index (χ1) is 13.2. The van der Waals surface area contributed by atoms with Gasteiger partial charge in [0, 0.05) is 5.56 Å². The summed E-state index contributed by atoms with van der Waals surface area (Å²) in [6.45, 7) is 2.69. The normalized spacial score (nSPS) is 10.9. The molecule has 0 radical (unpaired) electrons.